The van der Waals surface area contributed by atoms with Crippen LogP contribution in [0.1, 0.15) is 36.8 Å². The minimum Gasteiger partial charge on any atom is -0.497 e. The maximum absolute atomic E-state index is 12.9. The van der Waals surface area contributed by atoms with E-state index < -0.39 is 17.9 Å². The molecule has 0 atom stereocenters. The smallest absolute Gasteiger partial charge is 0.336 e. The molecule has 0 bridgehead atoms. The summed E-state index contributed by atoms with van der Waals surface area (Å²) in [6.07, 6.45) is 5.33. The summed E-state index contributed by atoms with van der Waals surface area (Å²) in [6.45, 7) is 3.06. The molecule has 7 heteroatoms. The Morgan fingerprint density at radius 2 is 1.50 bits per heavy atom. The summed E-state index contributed by atoms with van der Waals surface area (Å²) in [6, 6.07) is 15.0. The minimum atomic E-state index is -0.690. The number of carbonyl (C=O) groups excluding carboxylic acids is 2. The molecule has 34 heavy (non-hydrogen) atoms. The maximum Gasteiger partial charge on any atom is 0.336 e. The summed E-state index contributed by atoms with van der Waals surface area (Å²) in [7, 11) is 4.27. The molecule has 0 spiro atoms. The number of carbonyl (C=O) groups is 2. The van der Waals surface area contributed by atoms with Crippen LogP contribution in [0.5, 0.6) is 11.5 Å². The van der Waals surface area contributed by atoms with Crippen molar-refractivity contribution < 1.29 is 28.5 Å². The van der Waals surface area contributed by atoms with E-state index in [0.717, 1.165) is 24.2 Å². The van der Waals surface area contributed by atoms with Gasteiger partial charge in [0, 0.05) is 24.5 Å². The molecule has 2 aromatic carbocycles. The Labute approximate surface area is 200 Å². The van der Waals surface area contributed by atoms with Gasteiger partial charge in [-0.2, -0.15) is 0 Å². The Kier molecular flexibility index (Phi) is 8.73. The predicted octanol–water partition coefficient (Wildman–Crippen LogP) is 4.59. The number of methoxy groups -OCH3 is 3. The van der Waals surface area contributed by atoms with Gasteiger partial charge in [0.25, 0.3) is 0 Å². The van der Waals surface area contributed by atoms with Crippen LogP contribution in [0.25, 0.3) is 0 Å². The lowest BCUT2D eigenvalue weighted by atomic mass is 9.82. The van der Waals surface area contributed by atoms with E-state index in [4.69, 9.17) is 18.9 Å². The average Bonchev–Trinajstić information content (AvgIpc) is 2.88. The van der Waals surface area contributed by atoms with Gasteiger partial charge < -0.3 is 23.8 Å². The van der Waals surface area contributed by atoms with Crippen molar-refractivity contribution in [3.05, 3.63) is 83.2 Å². The first-order valence-corrected chi connectivity index (χ1v) is 11.2. The molecule has 0 N–H and O–H groups in total. The first-order chi connectivity index (χ1) is 16.5. The van der Waals surface area contributed by atoms with E-state index in [9.17, 15) is 9.59 Å². The van der Waals surface area contributed by atoms with E-state index in [1.807, 2.05) is 48.5 Å². The molecule has 1 aliphatic rings. The fourth-order valence-corrected chi connectivity index (χ4v) is 3.83. The van der Waals surface area contributed by atoms with Crippen molar-refractivity contribution in [3.8, 4) is 11.5 Å². The molecule has 180 valence electrons. The Morgan fingerprint density at radius 3 is 2.06 bits per heavy atom. The second-order valence-corrected chi connectivity index (χ2v) is 7.85. The molecule has 0 aromatic heterocycles. The average molecular weight is 466 g/mol. The predicted molar refractivity (Wildman–Crippen MR) is 128 cm³/mol. The number of esters is 2. The minimum absolute atomic E-state index is 0.324. The molecule has 3 rings (SSSR count). The number of nitrogens with zero attached hydrogens (tertiary/aromatic N) is 1. The molecule has 0 fully saturated rings. The largest absolute Gasteiger partial charge is 0.497 e. The van der Waals surface area contributed by atoms with Crippen LogP contribution in [-0.4, -0.2) is 44.8 Å². The van der Waals surface area contributed by atoms with Crippen LogP contribution in [0.3, 0.4) is 0 Å². The third kappa shape index (κ3) is 5.78. The van der Waals surface area contributed by atoms with Gasteiger partial charge in [0.1, 0.15) is 11.5 Å². The van der Waals surface area contributed by atoms with Crippen molar-refractivity contribution in [1.82, 2.24) is 4.90 Å². The number of rotatable bonds is 10. The summed E-state index contributed by atoms with van der Waals surface area (Å²) in [4.78, 5) is 27.6. The van der Waals surface area contributed by atoms with Gasteiger partial charge in [-0.25, -0.2) is 9.59 Å². The molecule has 0 amide bonds. The maximum atomic E-state index is 12.9. The monoisotopic (exact) mass is 465 g/mol. The van der Waals surface area contributed by atoms with Crippen LogP contribution in [0, 0.1) is 0 Å². The zero-order chi connectivity index (χ0) is 24.5. The Bertz CT molecular complexity index is 1020. The van der Waals surface area contributed by atoms with Gasteiger partial charge in [-0.05, 0) is 30.2 Å². The van der Waals surface area contributed by atoms with Crippen molar-refractivity contribution in [2.24, 2.45) is 0 Å². The van der Waals surface area contributed by atoms with Crippen molar-refractivity contribution in [2.45, 2.75) is 32.2 Å². The van der Waals surface area contributed by atoms with Crippen molar-refractivity contribution >= 4 is 11.9 Å². The van der Waals surface area contributed by atoms with Gasteiger partial charge in [-0.15, -0.1) is 0 Å². The van der Waals surface area contributed by atoms with Crippen LogP contribution in [0.4, 0.5) is 0 Å². The number of hydrogen-bond donors (Lipinski definition) is 0. The first kappa shape index (κ1) is 24.9. The number of unbranched alkanes of at least 4 members (excludes halogenated alkanes) is 1. The summed E-state index contributed by atoms with van der Waals surface area (Å²) >= 11 is 0. The summed E-state index contributed by atoms with van der Waals surface area (Å²) in [5.74, 6) is -0.372. The second kappa shape index (κ2) is 11.9. The van der Waals surface area contributed by atoms with E-state index in [1.165, 1.54) is 14.2 Å². The summed E-state index contributed by atoms with van der Waals surface area (Å²) in [5, 5.41) is 0. The van der Waals surface area contributed by atoms with Crippen LogP contribution >= 0.6 is 0 Å². The summed E-state index contributed by atoms with van der Waals surface area (Å²) < 4.78 is 21.4. The van der Waals surface area contributed by atoms with Gasteiger partial charge in [0.2, 0.25) is 0 Å². The Balaban J connectivity index is 2.04. The van der Waals surface area contributed by atoms with Gasteiger partial charge in [0.15, 0.2) is 0 Å². The van der Waals surface area contributed by atoms with E-state index in [2.05, 4.69) is 6.92 Å². The first-order valence-electron chi connectivity index (χ1n) is 11.2. The number of ether oxygens (including phenoxy) is 4. The highest BCUT2D eigenvalue weighted by atomic mass is 16.5. The van der Waals surface area contributed by atoms with Gasteiger partial charge >= 0.3 is 11.9 Å². The number of hydrogen-bond acceptors (Lipinski definition) is 7. The molecule has 0 radical (unpaired) electrons. The molecule has 0 unspecified atom stereocenters. The van der Waals surface area contributed by atoms with Crippen molar-refractivity contribution in [1.29, 1.82) is 0 Å². The fraction of sp³-hybridized carbons (Fsp3) is 0.333. The SMILES string of the molecule is CCCCOc1ccccc1C1C(C(=O)OC)=CN(Cc2ccc(OC)cc2)C=C1C(=O)OC. The van der Waals surface area contributed by atoms with Gasteiger partial charge in [-0.1, -0.05) is 43.7 Å². The lowest BCUT2D eigenvalue weighted by Gasteiger charge is -2.31. The van der Waals surface area contributed by atoms with Crippen molar-refractivity contribution in [3.63, 3.8) is 0 Å². The Morgan fingerprint density at radius 1 is 0.882 bits per heavy atom. The van der Waals surface area contributed by atoms with Crippen LogP contribution in [0.2, 0.25) is 0 Å². The molecular formula is C27H31NO6. The van der Waals surface area contributed by atoms with E-state index in [0.29, 0.717) is 35.6 Å². The normalized spacial score (nSPS) is 13.6. The summed E-state index contributed by atoms with van der Waals surface area (Å²) in [5.41, 5.74) is 2.33. The number of benzene rings is 2. The zero-order valence-corrected chi connectivity index (χ0v) is 20.1. The second-order valence-electron chi connectivity index (χ2n) is 7.85. The lowest BCUT2D eigenvalue weighted by molar-refractivity contribution is -0.137. The van der Waals surface area contributed by atoms with Crippen molar-refractivity contribution in [2.75, 3.05) is 27.9 Å². The van der Waals surface area contributed by atoms with Crippen LogP contribution < -0.4 is 9.47 Å². The molecule has 0 saturated carbocycles. The molecular weight excluding hydrogens is 434 g/mol. The molecule has 1 heterocycles. The highest BCUT2D eigenvalue weighted by molar-refractivity contribution is 5.98. The molecule has 1 aliphatic heterocycles. The lowest BCUT2D eigenvalue weighted by Crippen LogP contribution is -2.29. The standard InChI is InChI=1S/C27H31NO6/c1-5-6-15-34-24-10-8-7-9-21(24)25-22(26(29)32-3)17-28(18-23(25)27(30)33-4)16-19-11-13-20(31-2)14-12-19/h7-14,17-18,25H,5-6,15-16H2,1-4H3. The van der Waals surface area contributed by atoms with Crippen LogP contribution in [-0.2, 0) is 25.6 Å². The van der Waals surface area contributed by atoms with E-state index in [-0.39, 0.29) is 0 Å². The quantitative estimate of drug-likeness (QED) is 0.375. The van der Waals surface area contributed by atoms with E-state index >= 15 is 0 Å². The topological polar surface area (TPSA) is 74.3 Å². The Hall–Kier alpha value is -3.74. The zero-order valence-electron chi connectivity index (χ0n) is 20.1. The number of para-hydroxylation sites is 1. The molecule has 7 nitrogen and oxygen atoms in total. The van der Waals surface area contributed by atoms with Gasteiger partial charge in [-0.3, -0.25) is 0 Å². The molecule has 0 aliphatic carbocycles. The van der Waals surface area contributed by atoms with Crippen LogP contribution in [0.15, 0.2) is 72.1 Å². The highest BCUT2D eigenvalue weighted by Gasteiger charge is 2.36. The van der Waals surface area contributed by atoms with E-state index in [1.54, 1.807) is 24.4 Å². The highest BCUT2D eigenvalue weighted by Crippen LogP contribution is 2.41. The molecule has 2 aromatic rings. The fourth-order valence-electron chi connectivity index (χ4n) is 3.83. The third-order valence-electron chi connectivity index (χ3n) is 5.58. The molecule has 0 saturated heterocycles. The van der Waals surface area contributed by atoms with Gasteiger partial charge in [0.05, 0.1) is 45.0 Å². The third-order valence-corrected chi connectivity index (χ3v) is 5.58.